The molecule has 1 aliphatic carbocycles. The smallest absolute Gasteiger partial charge is 0.407 e. The van der Waals surface area contributed by atoms with E-state index < -0.39 is 56.8 Å². The van der Waals surface area contributed by atoms with Gasteiger partial charge >= 0.3 is 12.1 Å². The van der Waals surface area contributed by atoms with Crippen LogP contribution in [0, 0.1) is 5.82 Å². The third kappa shape index (κ3) is 2.86. The van der Waals surface area contributed by atoms with Crippen LogP contribution in [0.25, 0.3) is 0 Å². The van der Waals surface area contributed by atoms with Gasteiger partial charge in [0.05, 0.1) is 10.5 Å². The predicted octanol–water partition coefficient (Wildman–Crippen LogP) is 1.90. The highest BCUT2D eigenvalue weighted by molar-refractivity contribution is 7.89. The number of sulfonamides is 1. The number of carboxylic acid groups (broad SMARTS) is 1. The SMILES string of the molecule is O=C(O)c1cc(S(=O)(=O)NC2(C(F)(F)F)CC2)ccc1F. The van der Waals surface area contributed by atoms with Gasteiger partial charge in [-0.1, -0.05) is 0 Å². The van der Waals surface area contributed by atoms with Crippen LogP contribution in [0.4, 0.5) is 17.6 Å². The van der Waals surface area contributed by atoms with Gasteiger partial charge in [0.25, 0.3) is 0 Å². The topological polar surface area (TPSA) is 83.5 Å². The molecule has 2 rings (SSSR count). The lowest BCUT2D eigenvalue weighted by molar-refractivity contribution is -0.160. The van der Waals surface area contributed by atoms with Crippen LogP contribution in [0.5, 0.6) is 0 Å². The van der Waals surface area contributed by atoms with Crippen LogP contribution < -0.4 is 4.72 Å². The maximum Gasteiger partial charge on any atom is 0.407 e. The second-order valence-corrected chi connectivity index (χ2v) is 6.31. The van der Waals surface area contributed by atoms with Crippen LogP contribution >= 0.6 is 0 Å². The summed E-state index contributed by atoms with van der Waals surface area (Å²) in [6, 6.07) is 1.76. The summed E-state index contributed by atoms with van der Waals surface area (Å²) in [6.45, 7) is 0. The van der Waals surface area contributed by atoms with Crippen molar-refractivity contribution in [1.82, 2.24) is 4.72 Å². The van der Waals surface area contributed by atoms with Crippen molar-refractivity contribution in [3.05, 3.63) is 29.6 Å². The Morgan fingerprint density at radius 2 is 1.86 bits per heavy atom. The molecule has 2 N–H and O–H groups in total. The molecule has 1 saturated carbocycles. The molecule has 1 fully saturated rings. The fourth-order valence-corrected chi connectivity index (χ4v) is 3.19. The number of halogens is 4. The number of carbonyl (C=O) groups is 1. The van der Waals surface area contributed by atoms with Gasteiger partial charge < -0.3 is 5.11 Å². The van der Waals surface area contributed by atoms with Crippen molar-refractivity contribution in [3.63, 3.8) is 0 Å². The standard InChI is InChI=1S/C11H9F4NO4S/c12-8-2-1-6(5-7(8)9(17)18)21(19,20)16-10(3-4-10)11(13,14)15/h1-2,5,16H,3-4H2,(H,17,18). The van der Waals surface area contributed by atoms with Crippen molar-refractivity contribution in [2.75, 3.05) is 0 Å². The minimum atomic E-state index is -4.75. The Kier molecular flexibility index (Phi) is 3.49. The number of rotatable bonds is 4. The Balaban J connectivity index is 2.38. The van der Waals surface area contributed by atoms with E-state index in [1.165, 1.54) is 4.72 Å². The molecular weight excluding hydrogens is 318 g/mol. The van der Waals surface area contributed by atoms with E-state index in [-0.39, 0.29) is 0 Å². The molecule has 0 saturated heterocycles. The molecule has 1 aromatic rings. The number of carboxylic acids is 1. The van der Waals surface area contributed by atoms with Gasteiger partial charge in [0, 0.05) is 0 Å². The molecule has 116 valence electrons. The van der Waals surface area contributed by atoms with E-state index in [2.05, 4.69) is 0 Å². The number of hydrogen-bond donors (Lipinski definition) is 2. The zero-order chi connectivity index (χ0) is 16.1. The number of nitrogens with one attached hydrogen (secondary N) is 1. The Hall–Kier alpha value is -1.68. The van der Waals surface area contributed by atoms with Crippen LogP contribution in [0.15, 0.2) is 23.1 Å². The summed E-state index contributed by atoms with van der Waals surface area (Å²) < 4.78 is 76.7. The number of benzene rings is 1. The molecule has 0 bridgehead atoms. The average molecular weight is 327 g/mol. The van der Waals surface area contributed by atoms with Crippen molar-refractivity contribution >= 4 is 16.0 Å². The second-order valence-electron chi connectivity index (χ2n) is 4.63. The van der Waals surface area contributed by atoms with Crippen LogP contribution in [0.1, 0.15) is 23.2 Å². The summed E-state index contributed by atoms with van der Waals surface area (Å²) in [4.78, 5) is 9.98. The van der Waals surface area contributed by atoms with Crippen molar-refractivity contribution in [1.29, 1.82) is 0 Å². The maximum atomic E-state index is 13.2. The molecule has 0 heterocycles. The number of aromatic carboxylic acids is 1. The first-order chi connectivity index (χ1) is 9.48. The lowest BCUT2D eigenvalue weighted by atomic mass is 10.2. The lowest BCUT2D eigenvalue weighted by Crippen LogP contribution is -2.47. The first-order valence-electron chi connectivity index (χ1n) is 5.62. The van der Waals surface area contributed by atoms with Crippen LogP contribution in [-0.4, -0.2) is 31.2 Å². The predicted molar refractivity (Wildman–Crippen MR) is 61.7 cm³/mol. The maximum absolute atomic E-state index is 13.2. The highest BCUT2D eigenvalue weighted by Crippen LogP contribution is 2.49. The molecule has 0 amide bonds. The second kappa shape index (κ2) is 4.67. The van der Waals surface area contributed by atoms with Gasteiger partial charge in [-0.3, -0.25) is 0 Å². The molecule has 0 atom stereocenters. The molecule has 0 aromatic heterocycles. The van der Waals surface area contributed by atoms with Gasteiger partial charge in [0.2, 0.25) is 10.0 Å². The molecule has 0 radical (unpaired) electrons. The summed E-state index contributed by atoms with van der Waals surface area (Å²) in [5.74, 6) is -2.90. The zero-order valence-electron chi connectivity index (χ0n) is 10.2. The Bertz CT molecular complexity index is 695. The third-order valence-electron chi connectivity index (χ3n) is 3.10. The Morgan fingerprint density at radius 3 is 2.29 bits per heavy atom. The van der Waals surface area contributed by atoms with E-state index in [0.29, 0.717) is 18.2 Å². The van der Waals surface area contributed by atoms with Crippen molar-refractivity contribution in [2.45, 2.75) is 29.5 Å². The molecule has 5 nitrogen and oxygen atoms in total. The number of hydrogen-bond acceptors (Lipinski definition) is 3. The molecule has 1 aliphatic rings. The monoisotopic (exact) mass is 327 g/mol. The molecule has 10 heteroatoms. The first-order valence-corrected chi connectivity index (χ1v) is 7.10. The molecule has 0 unspecified atom stereocenters. The highest BCUT2D eigenvalue weighted by Gasteiger charge is 2.65. The summed E-state index contributed by atoms with van der Waals surface area (Å²) >= 11 is 0. The molecule has 0 aliphatic heterocycles. The summed E-state index contributed by atoms with van der Waals surface area (Å²) in [5.41, 5.74) is -3.46. The fourth-order valence-electron chi connectivity index (χ4n) is 1.72. The van der Waals surface area contributed by atoms with E-state index >= 15 is 0 Å². The van der Waals surface area contributed by atoms with Gasteiger partial charge in [0.15, 0.2) is 0 Å². The molecule has 0 spiro atoms. The zero-order valence-corrected chi connectivity index (χ0v) is 11.1. The average Bonchev–Trinajstić information content (AvgIpc) is 3.08. The van der Waals surface area contributed by atoms with Gasteiger partial charge in [0.1, 0.15) is 11.4 Å². The van der Waals surface area contributed by atoms with Crippen LogP contribution in [-0.2, 0) is 10.0 Å². The van der Waals surface area contributed by atoms with Crippen molar-refractivity contribution < 1.29 is 35.9 Å². The molecular formula is C11H9F4NO4S. The van der Waals surface area contributed by atoms with Gasteiger partial charge in [-0.2, -0.15) is 17.9 Å². The van der Waals surface area contributed by atoms with Gasteiger partial charge in [-0.25, -0.2) is 17.6 Å². The van der Waals surface area contributed by atoms with Gasteiger partial charge in [-0.05, 0) is 31.0 Å². The van der Waals surface area contributed by atoms with Crippen LogP contribution in [0.2, 0.25) is 0 Å². The largest absolute Gasteiger partial charge is 0.478 e. The normalized spacial score (nSPS) is 17.5. The van der Waals surface area contributed by atoms with E-state index in [0.717, 1.165) is 0 Å². The summed E-state index contributed by atoms with van der Waals surface area (Å²) in [6.07, 6.45) is -5.55. The van der Waals surface area contributed by atoms with Crippen LogP contribution in [0.3, 0.4) is 0 Å². The summed E-state index contributed by atoms with van der Waals surface area (Å²) in [7, 11) is -4.61. The number of alkyl halides is 3. The van der Waals surface area contributed by atoms with Crippen molar-refractivity contribution in [2.24, 2.45) is 0 Å². The van der Waals surface area contributed by atoms with E-state index in [9.17, 15) is 30.8 Å². The highest BCUT2D eigenvalue weighted by atomic mass is 32.2. The lowest BCUT2D eigenvalue weighted by Gasteiger charge is -2.20. The molecule has 1 aromatic carbocycles. The first kappa shape index (κ1) is 15.7. The minimum absolute atomic E-state index is 0.400. The fraction of sp³-hybridized carbons (Fsp3) is 0.364. The minimum Gasteiger partial charge on any atom is -0.478 e. The summed E-state index contributed by atoms with van der Waals surface area (Å²) in [5, 5.41) is 8.69. The Morgan fingerprint density at radius 1 is 1.29 bits per heavy atom. The van der Waals surface area contributed by atoms with E-state index in [1.807, 2.05) is 0 Å². The molecule has 21 heavy (non-hydrogen) atoms. The van der Waals surface area contributed by atoms with Crippen molar-refractivity contribution in [3.8, 4) is 0 Å². The van der Waals surface area contributed by atoms with E-state index in [4.69, 9.17) is 5.11 Å². The quantitative estimate of drug-likeness (QED) is 0.827. The van der Waals surface area contributed by atoms with Gasteiger partial charge in [-0.15, -0.1) is 0 Å². The van der Waals surface area contributed by atoms with E-state index in [1.54, 1.807) is 0 Å². The third-order valence-corrected chi connectivity index (χ3v) is 4.63. The Labute approximate surface area is 116 Å².